The second-order valence-electron chi connectivity index (χ2n) is 3.45. The van der Waals surface area contributed by atoms with Gasteiger partial charge in [-0.15, -0.1) is 0 Å². The summed E-state index contributed by atoms with van der Waals surface area (Å²) in [7, 11) is 1.66. The zero-order valence-electron chi connectivity index (χ0n) is 8.73. The van der Waals surface area contributed by atoms with E-state index >= 15 is 0 Å². The lowest BCUT2D eigenvalue weighted by atomic mass is 10.1. The molecule has 3 heteroatoms. The fraction of sp³-hybridized carbons (Fsp3) is 0.250. The molecule has 0 radical (unpaired) electrons. The van der Waals surface area contributed by atoms with Crippen LogP contribution in [-0.2, 0) is 0 Å². The van der Waals surface area contributed by atoms with E-state index in [0.29, 0.717) is 0 Å². The summed E-state index contributed by atoms with van der Waals surface area (Å²) in [5, 5.41) is 2.65. The molecule has 3 nitrogen and oxygen atoms in total. The van der Waals surface area contributed by atoms with Gasteiger partial charge in [0.1, 0.15) is 0 Å². The van der Waals surface area contributed by atoms with Gasteiger partial charge in [-0.3, -0.25) is 4.90 Å². The molecule has 0 fully saturated rings. The molecule has 0 spiro atoms. The van der Waals surface area contributed by atoms with E-state index in [1.54, 1.807) is 11.9 Å². The number of carbonyl (C=O) groups excluding carboxylic acids is 1. The molecule has 1 aliphatic heterocycles. The number of benzene rings is 1. The number of hydrogen-bond acceptors (Lipinski definition) is 1. The molecule has 0 atom stereocenters. The Balaban J connectivity index is 2.26. The molecular formula is C12H14N2O. The number of hydrogen-bond donors (Lipinski definition) is 1. The third-order valence-corrected chi connectivity index (χ3v) is 2.51. The Morgan fingerprint density at radius 1 is 1.33 bits per heavy atom. The minimum Gasteiger partial charge on any atom is -0.341 e. The first-order valence-corrected chi connectivity index (χ1v) is 5.08. The second-order valence-corrected chi connectivity index (χ2v) is 3.45. The van der Waals surface area contributed by atoms with Crippen molar-refractivity contribution in [3.05, 3.63) is 42.0 Å². The lowest BCUT2D eigenvalue weighted by Gasteiger charge is -2.19. The molecule has 0 saturated heterocycles. The van der Waals surface area contributed by atoms with Crippen LogP contribution in [0, 0.1) is 0 Å². The lowest BCUT2D eigenvalue weighted by Crippen LogP contribution is -2.35. The Morgan fingerprint density at radius 2 is 2.07 bits per heavy atom. The van der Waals surface area contributed by atoms with E-state index in [1.165, 1.54) is 0 Å². The van der Waals surface area contributed by atoms with Crippen molar-refractivity contribution in [3.63, 3.8) is 0 Å². The predicted octanol–water partition coefficient (Wildman–Crippen LogP) is 2.07. The van der Waals surface area contributed by atoms with Crippen molar-refractivity contribution < 1.29 is 4.79 Å². The van der Waals surface area contributed by atoms with E-state index in [0.717, 1.165) is 24.2 Å². The van der Waals surface area contributed by atoms with Gasteiger partial charge < -0.3 is 5.32 Å². The average molecular weight is 202 g/mol. The van der Waals surface area contributed by atoms with Gasteiger partial charge in [-0.2, -0.15) is 0 Å². The maximum atomic E-state index is 11.6. The molecule has 1 aromatic carbocycles. The summed E-state index contributed by atoms with van der Waals surface area (Å²) in [6.45, 7) is 0.768. The zero-order chi connectivity index (χ0) is 10.7. The van der Waals surface area contributed by atoms with E-state index in [1.807, 2.05) is 30.3 Å². The highest BCUT2D eigenvalue weighted by molar-refractivity contribution is 5.86. The van der Waals surface area contributed by atoms with E-state index < -0.39 is 0 Å². The molecule has 0 aromatic heterocycles. The summed E-state index contributed by atoms with van der Waals surface area (Å²) >= 11 is 0. The zero-order valence-corrected chi connectivity index (χ0v) is 8.73. The first-order valence-electron chi connectivity index (χ1n) is 5.08. The van der Waals surface area contributed by atoms with Gasteiger partial charge in [-0.05, 0) is 12.0 Å². The van der Waals surface area contributed by atoms with Gasteiger partial charge in [-0.1, -0.05) is 36.4 Å². The van der Waals surface area contributed by atoms with Crippen LogP contribution >= 0.6 is 0 Å². The predicted molar refractivity (Wildman–Crippen MR) is 60.2 cm³/mol. The Bertz CT molecular complexity index is 384. The lowest BCUT2D eigenvalue weighted by molar-refractivity contribution is 0.223. The average Bonchev–Trinajstić information content (AvgIpc) is 2.78. The number of urea groups is 1. The minimum absolute atomic E-state index is 0.0393. The standard InChI is InChI=1S/C12H14N2O/c1-13-12(15)14-9-5-8-11(14)10-6-3-2-4-7-10/h2-4,6-8H,5,9H2,1H3,(H,13,15). The molecule has 1 aliphatic rings. The van der Waals surface area contributed by atoms with Crippen molar-refractivity contribution in [2.75, 3.05) is 13.6 Å². The van der Waals surface area contributed by atoms with Gasteiger partial charge in [0.2, 0.25) is 0 Å². The number of nitrogens with one attached hydrogen (secondary N) is 1. The Hall–Kier alpha value is -1.77. The number of nitrogens with zero attached hydrogens (tertiary/aromatic N) is 1. The first-order chi connectivity index (χ1) is 7.33. The molecule has 0 unspecified atom stereocenters. The first kappa shape index (κ1) is 9.77. The molecule has 1 N–H and O–H groups in total. The fourth-order valence-corrected chi connectivity index (χ4v) is 1.79. The van der Waals surface area contributed by atoms with Gasteiger partial charge in [0, 0.05) is 19.3 Å². The van der Waals surface area contributed by atoms with Crippen LogP contribution in [-0.4, -0.2) is 24.5 Å². The van der Waals surface area contributed by atoms with Crippen molar-refractivity contribution >= 4 is 11.7 Å². The summed E-state index contributed by atoms with van der Waals surface area (Å²) in [5.41, 5.74) is 2.11. The quantitative estimate of drug-likeness (QED) is 0.743. The number of carbonyl (C=O) groups is 1. The van der Waals surface area contributed by atoms with Crippen molar-refractivity contribution in [2.24, 2.45) is 0 Å². The Labute approximate surface area is 89.4 Å². The highest BCUT2D eigenvalue weighted by atomic mass is 16.2. The highest BCUT2D eigenvalue weighted by Gasteiger charge is 2.21. The molecule has 0 aliphatic carbocycles. The fourth-order valence-electron chi connectivity index (χ4n) is 1.79. The monoisotopic (exact) mass is 202 g/mol. The van der Waals surface area contributed by atoms with Gasteiger partial charge in [0.05, 0.1) is 0 Å². The van der Waals surface area contributed by atoms with Crippen LogP contribution in [0.1, 0.15) is 12.0 Å². The SMILES string of the molecule is CNC(=O)N1CCC=C1c1ccccc1. The smallest absolute Gasteiger partial charge is 0.321 e. The van der Waals surface area contributed by atoms with Crippen LogP contribution in [0.2, 0.25) is 0 Å². The second kappa shape index (κ2) is 4.17. The molecule has 0 saturated carbocycles. The van der Waals surface area contributed by atoms with E-state index in [-0.39, 0.29) is 6.03 Å². The van der Waals surface area contributed by atoms with Crippen LogP contribution in [0.15, 0.2) is 36.4 Å². The molecule has 2 rings (SSSR count). The van der Waals surface area contributed by atoms with Crippen LogP contribution in [0.4, 0.5) is 4.79 Å². The summed E-state index contributed by atoms with van der Waals surface area (Å²) < 4.78 is 0. The maximum Gasteiger partial charge on any atom is 0.321 e. The number of rotatable bonds is 1. The van der Waals surface area contributed by atoms with Crippen molar-refractivity contribution in [1.82, 2.24) is 10.2 Å². The normalized spacial score (nSPS) is 15.0. The van der Waals surface area contributed by atoms with E-state index in [9.17, 15) is 4.79 Å². The van der Waals surface area contributed by atoms with Crippen molar-refractivity contribution in [1.29, 1.82) is 0 Å². The summed E-state index contributed by atoms with van der Waals surface area (Å²) in [6, 6.07) is 9.94. The van der Waals surface area contributed by atoms with Gasteiger partial charge in [-0.25, -0.2) is 4.79 Å². The molecule has 0 bridgehead atoms. The molecule has 2 amide bonds. The van der Waals surface area contributed by atoms with Crippen LogP contribution in [0.5, 0.6) is 0 Å². The summed E-state index contributed by atoms with van der Waals surface area (Å²) in [4.78, 5) is 13.3. The van der Waals surface area contributed by atoms with Crippen LogP contribution < -0.4 is 5.32 Å². The third kappa shape index (κ3) is 1.86. The molecule has 1 heterocycles. The highest BCUT2D eigenvalue weighted by Crippen LogP contribution is 2.24. The minimum atomic E-state index is -0.0393. The Morgan fingerprint density at radius 3 is 2.73 bits per heavy atom. The van der Waals surface area contributed by atoms with Gasteiger partial charge >= 0.3 is 6.03 Å². The molecule has 1 aromatic rings. The van der Waals surface area contributed by atoms with Crippen molar-refractivity contribution in [2.45, 2.75) is 6.42 Å². The topological polar surface area (TPSA) is 32.3 Å². The maximum absolute atomic E-state index is 11.6. The van der Waals surface area contributed by atoms with E-state index in [4.69, 9.17) is 0 Å². The van der Waals surface area contributed by atoms with Crippen LogP contribution in [0.25, 0.3) is 5.70 Å². The number of amides is 2. The van der Waals surface area contributed by atoms with Crippen molar-refractivity contribution in [3.8, 4) is 0 Å². The van der Waals surface area contributed by atoms with Gasteiger partial charge in [0.15, 0.2) is 0 Å². The van der Waals surface area contributed by atoms with E-state index in [2.05, 4.69) is 11.4 Å². The third-order valence-electron chi connectivity index (χ3n) is 2.51. The van der Waals surface area contributed by atoms with Gasteiger partial charge in [0.25, 0.3) is 0 Å². The summed E-state index contributed by atoms with van der Waals surface area (Å²) in [5.74, 6) is 0. The summed E-state index contributed by atoms with van der Waals surface area (Å²) in [6.07, 6.45) is 3.03. The molecule has 78 valence electrons. The Kier molecular flexibility index (Phi) is 2.72. The van der Waals surface area contributed by atoms with Crippen LogP contribution in [0.3, 0.4) is 0 Å². The largest absolute Gasteiger partial charge is 0.341 e. The molecular weight excluding hydrogens is 188 g/mol. The molecule has 15 heavy (non-hydrogen) atoms.